The monoisotopic (exact) mass is 526 g/mol. The molecule has 0 unspecified atom stereocenters. The normalized spacial score (nSPS) is 12.3. The van der Waals surface area contributed by atoms with Gasteiger partial charge in [-0.3, -0.25) is 5.43 Å². The highest BCUT2D eigenvalue weighted by Crippen LogP contribution is 2.25. The van der Waals surface area contributed by atoms with Crippen molar-refractivity contribution in [2.75, 3.05) is 5.32 Å². The second-order valence-electron chi connectivity index (χ2n) is 7.99. The fraction of sp³-hybridized carbons (Fsp3) is 0.154. The summed E-state index contributed by atoms with van der Waals surface area (Å²) in [6.45, 7) is 4.23. The van der Waals surface area contributed by atoms with Gasteiger partial charge in [0.05, 0.1) is 11.9 Å². The lowest BCUT2D eigenvalue weighted by molar-refractivity contribution is -0.274. The highest BCUT2D eigenvalue weighted by atomic mass is 32.1. The number of hydrazone groups is 1. The first-order valence-electron chi connectivity index (χ1n) is 11.1. The number of hydrogen-bond acceptors (Lipinski definition) is 4. The van der Waals surface area contributed by atoms with E-state index in [1.165, 1.54) is 18.5 Å². The van der Waals surface area contributed by atoms with Crippen LogP contribution in [0, 0.1) is 0 Å². The Balaban J connectivity index is 1.52. The highest BCUT2D eigenvalue weighted by molar-refractivity contribution is 7.80. The number of hydrogen-bond donors (Lipinski definition) is 3. The molecule has 192 valence electrons. The third-order valence-electron chi connectivity index (χ3n) is 4.89. The molecule has 0 aliphatic rings. The van der Waals surface area contributed by atoms with E-state index in [9.17, 15) is 13.2 Å². The topological polar surface area (TPSA) is 96.4 Å². The first-order chi connectivity index (χ1) is 17.6. The quantitative estimate of drug-likeness (QED) is 0.143. The summed E-state index contributed by atoms with van der Waals surface area (Å²) in [6, 6.07) is 20.2. The molecule has 3 aromatic rings. The van der Waals surface area contributed by atoms with Gasteiger partial charge in [-0.05, 0) is 59.6 Å². The van der Waals surface area contributed by atoms with Crippen LogP contribution in [0.2, 0.25) is 0 Å². The van der Waals surface area contributed by atoms with E-state index >= 15 is 0 Å². The number of ether oxygens (including phenoxy) is 1. The van der Waals surface area contributed by atoms with E-state index in [1.54, 1.807) is 18.3 Å². The summed E-state index contributed by atoms with van der Waals surface area (Å²) >= 11 is 5.32. The summed E-state index contributed by atoms with van der Waals surface area (Å²) in [6.07, 6.45) is -1.90. The Morgan fingerprint density at radius 2 is 1.68 bits per heavy atom. The summed E-state index contributed by atoms with van der Waals surface area (Å²) < 4.78 is 40.5. The summed E-state index contributed by atoms with van der Waals surface area (Å²) in [5.74, 6) is 0.239. The van der Waals surface area contributed by atoms with Gasteiger partial charge in [-0.1, -0.05) is 56.3 Å². The van der Waals surface area contributed by atoms with Gasteiger partial charge >= 0.3 is 6.36 Å². The lowest BCUT2D eigenvalue weighted by Gasteiger charge is -2.14. The molecular formula is C26H25F3N6OS. The largest absolute Gasteiger partial charge is 0.573 e. The van der Waals surface area contributed by atoms with Crippen molar-refractivity contribution in [2.45, 2.75) is 26.1 Å². The van der Waals surface area contributed by atoms with Gasteiger partial charge < -0.3 is 15.8 Å². The smallest absolute Gasteiger partial charge is 0.406 e. The van der Waals surface area contributed by atoms with Gasteiger partial charge in [0, 0.05) is 11.3 Å². The van der Waals surface area contributed by atoms with E-state index in [-0.39, 0.29) is 11.6 Å². The molecule has 0 radical (unpaired) electrons. The number of aliphatic imine (C=N–C) groups is 2. The van der Waals surface area contributed by atoms with Gasteiger partial charge in [-0.25, -0.2) is 9.98 Å². The first-order valence-corrected chi connectivity index (χ1v) is 11.5. The zero-order chi connectivity index (χ0) is 26.8. The molecule has 0 atom stereocenters. The van der Waals surface area contributed by atoms with E-state index in [0.29, 0.717) is 22.3 Å². The zero-order valence-corrected chi connectivity index (χ0v) is 20.8. The molecule has 3 rings (SSSR count). The van der Waals surface area contributed by atoms with Crippen molar-refractivity contribution in [3.63, 3.8) is 0 Å². The molecule has 0 bridgehead atoms. The van der Waals surface area contributed by atoms with E-state index in [4.69, 9.17) is 18.0 Å². The molecule has 0 saturated heterocycles. The molecule has 37 heavy (non-hydrogen) atoms. The van der Waals surface area contributed by atoms with Gasteiger partial charge in [0.15, 0.2) is 5.11 Å². The number of nitrogens with one attached hydrogen (secondary N) is 2. The van der Waals surface area contributed by atoms with Crippen LogP contribution in [-0.2, 0) is 0 Å². The van der Waals surface area contributed by atoms with Crippen molar-refractivity contribution in [3.05, 3.63) is 89.5 Å². The summed E-state index contributed by atoms with van der Waals surface area (Å²) in [5, 5.41) is 7.69. The molecule has 3 aromatic carbocycles. The summed E-state index contributed by atoms with van der Waals surface area (Å²) in [4.78, 5) is 8.12. The van der Waals surface area contributed by atoms with Gasteiger partial charge in [0.1, 0.15) is 17.9 Å². The number of alkyl halides is 3. The van der Waals surface area contributed by atoms with E-state index in [2.05, 4.69) is 50.5 Å². The maximum atomic E-state index is 12.2. The summed E-state index contributed by atoms with van der Waals surface area (Å²) in [5.41, 5.74) is 12.7. The highest BCUT2D eigenvalue weighted by Gasteiger charge is 2.30. The van der Waals surface area contributed by atoms with Crippen LogP contribution in [0.4, 0.5) is 24.5 Å². The molecule has 0 amide bonds. The first kappa shape index (κ1) is 27.3. The minimum absolute atomic E-state index is 0.219. The minimum Gasteiger partial charge on any atom is -0.406 e. The standard InChI is InChI=1S/C26H25F3N6OS/c1-17(2)22-5-3-4-6-23(22)34-25(37)35-33-15-18-7-9-19(10-8-18)24(30)32-16-31-20-11-13-21(14-12-20)36-26(27,28)29/h3-17H,1-2H3,(H2,30,31,32)(H2,34,35,37)/b33-15-. The Kier molecular flexibility index (Phi) is 9.33. The fourth-order valence-corrected chi connectivity index (χ4v) is 3.30. The zero-order valence-electron chi connectivity index (χ0n) is 20.0. The van der Waals surface area contributed by atoms with Gasteiger partial charge in [-0.15, -0.1) is 13.2 Å². The molecule has 0 fully saturated rings. The summed E-state index contributed by atoms with van der Waals surface area (Å²) in [7, 11) is 0. The van der Waals surface area contributed by atoms with Gasteiger partial charge in [-0.2, -0.15) is 5.10 Å². The van der Waals surface area contributed by atoms with Gasteiger partial charge in [0.25, 0.3) is 0 Å². The molecule has 7 nitrogen and oxygen atoms in total. The maximum absolute atomic E-state index is 12.2. The second-order valence-corrected chi connectivity index (χ2v) is 8.40. The van der Waals surface area contributed by atoms with Crippen molar-refractivity contribution in [1.82, 2.24) is 5.43 Å². The van der Waals surface area contributed by atoms with E-state index in [0.717, 1.165) is 28.9 Å². The van der Waals surface area contributed by atoms with Gasteiger partial charge in [0.2, 0.25) is 0 Å². The second kappa shape index (κ2) is 12.6. The van der Waals surface area contributed by atoms with Crippen molar-refractivity contribution in [2.24, 2.45) is 20.8 Å². The lowest BCUT2D eigenvalue weighted by Crippen LogP contribution is -2.24. The number of halogens is 3. The Morgan fingerprint density at radius 3 is 2.32 bits per heavy atom. The molecule has 0 aliphatic heterocycles. The van der Waals surface area contributed by atoms with Crippen LogP contribution in [-0.4, -0.2) is 29.9 Å². The Hall–Kier alpha value is -4.25. The fourth-order valence-electron chi connectivity index (χ4n) is 3.14. The van der Waals surface area contributed by atoms with Crippen LogP contribution >= 0.6 is 12.2 Å². The average Bonchev–Trinajstić information content (AvgIpc) is 2.85. The number of rotatable bonds is 8. The molecule has 0 spiro atoms. The van der Waals surface area contributed by atoms with Crippen LogP contribution in [0.1, 0.15) is 36.5 Å². The SMILES string of the molecule is CC(C)c1ccccc1NC(=S)N/N=C\c1ccc(C(N)=NC=Nc2ccc(OC(F)(F)F)cc2)cc1. The number of nitrogens with zero attached hydrogens (tertiary/aromatic N) is 3. The third-order valence-corrected chi connectivity index (χ3v) is 5.08. The van der Waals surface area contributed by atoms with Crippen molar-refractivity contribution >= 4 is 47.1 Å². The van der Waals surface area contributed by atoms with Crippen LogP contribution in [0.15, 0.2) is 87.9 Å². The average molecular weight is 527 g/mol. The molecule has 0 saturated carbocycles. The molecule has 0 aliphatic carbocycles. The van der Waals surface area contributed by atoms with E-state index in [1.807, 2.05) is 30.3 Å². The predicted molar refractivity (Wildman–Crippen MR) is 146 cm³/mol. The number of thiocarbonyl (C=S) groups is 1. The van der Waals surface area contributed by atoms with Crippen LogP contribution < -0.4 is 21.2 Å². The number of benzene rings is 3. The molecule has 0 heterocycles. The Bertz CT molecular complexity index is 1290. The minimum atomic E-state index is -4.74. The predicted octanol–water partition coefficient (Wildman–Crippen LogP) is 6.09. The van der Waals surface area contributed by atoms with E-state index < -0.39 is 6.36 Å². The molecule has 11 heteroatoms. The number of anilines is 1. The van der Waals surface area contributed by atoms with Crippen LogP contribution in [0.5, 0.6) is 5.75 Å². The van der Waals surface area contributed by atoms with Crippen LogP contribution in [0.25, 0.3) is 0 Å². The number of amidine groups is 1. The van der Waals surface area contributed by atoms with Crippen molar-refractivity contribution in [3.8, 4) is 5.75 Å². The Labute approximate surface area is 218 Å². The third kappa shape index (κ3) is 9.04. The lowest BCUT2D eigenvalue weighted by atomic mass is 10.0. The Morgan fingerprint density at radius 1 is 1.00 bits per heavy atom. The molecule has 4 N–H and O–H groups in total. The molecule has 0 aromatic heterocycles. The maximum Gasteiger partial charge on any atom is 0.573 e. The molecular weight excluding hydrogens is 501 g/mol. The number of nitrogens with two attached hydrogens (primary N) is 1. The van der Waals surface area contributed by atoms with Crippen LogP contribution in [0.3, 0.4) is 0 Å². The van der Waals surface area contributed by atoms with Crippen molar-refractivity contribution in [1.29, 1.82) is 0 Å². The van der Waals surface area contributed by atoms with Crippen molar-refractivity contribution < 1.29 is 17.9 Å². The number of para-hydroxylation sites is 1.